The summed E-state index contributed by atoms with van der Waals surface area (Å²) in [7, 11) is 0. The number of carbonyl (C=O) groups excluding carboxylic acids is 1. The average molecular weight is 326 g/mol. The van der Waals surface area contributed by atoms with Crippen molar-refractivity contribution in [1.82, 2.24) is 14.9 Å². The summed E-state index contributed by atoms with van der Waals surface area (Å²) in [4.78, 5) is 12.3. The third-order valence-electron chi connectivity index (χ3n) is 4.23. The predicted octanol–water partition coefficient (Wildman–Crippen LogP) is 2.56. The lowest BCUT2D eigenvalue weighted by molar-refractivity contribution is -0.115. The van der Waals surface area contributed by atoms with Crippen molar-refractivity contribution < 1.29 is 14.1 Å². The molecule has 1 amide bonds. The third kappa shape index (κ3) is 3.03. The van der Waals surface area contributed by atoms with Crippen molar-refractivity contribution >= 4 is 22.6 Å². The van der Waals surface area contributed by atoms with Crippen molar-refractivity contribution in [1.29, 1.82) is 0 Å². The minimum Gasteiger partial charge on any atom is -0.381 e. The molecule has 0 radical (unpaired) electrons. The summed E-state index contributed by atoms with van der Waals surface area (Å²) in [6.45, 7) is 1.51. The van der Waals surface area contributed by atoms with Gasteiger partial charge in [0.05, 0.1) is 24.3 Å². The second kappa shape index (κ2) is 6.45. The van der Waals surface area contributed by atoms with E-state index in [1.165, 1.54) is 0 Å². The van der Waals surface area contributed by atoms with E-state index in [1.54, 1.807) is 6.20 Å². The Morgan fingerprint density at radius 3 is 3.00 bits per heavy atom. The summed E-state index contributed by atoms with van der Waals surface area (Å²) in [6, 6.07) is 7.85. The molecule has 7 heteroatoms. The van der Waals surface area contributed by atoms with E-state index in [9.17, 15) is 4.79 Å². The van der Waals surface area contributed by atoms with Gasteiger partial charge >= 0.3 is 0 Å². The molecule has 1 aliphatic rings. The summed E-state index contributed by atoms with van der Waals surface area (Å²) >= 11 is 0. The zero-order valence-corrected chi connectivity index (χ0v) is 13.1. The maximum Gasteiger partial charge on any atom is 0.230 e. The van der Waals surface area contributed by atoms with Gasteiger partial charge in [0.1, 0.15) is 5.69 Å². The van der Waals surface area contributed by atoms with E-state index in [1.807, 2.05) is 35.1 Å². The van der Waals surface area contributed by atoms with Crippen molar-refractivity contribution in [3.63, 3.8) is 0 Å². The quantitative estimate of drug-likeness (QED) is 0.797. The summed E-state index contributed by atoms with van der Waals surface area (Å²) in [5, 5.41) is 12.1. The van der Waals surface area contributed by atoms with Gasteiger partial charge < -0.3 is 14.6 Å². The topological polar surface area (TPSA) is 82.2 Å². The number of rotatable bonds is 4. The molecule has 1 fully saturated rings. The van der Waals surface area contributed by atoms with Crippen LogP contribution in [-0.4, -0.2) is 34.1 Å². The molecule has 7 nitrogen and oxygen atoms in total. The number of anilines is 1. The van der Waals surface area contributed by atoms with Crippen molar-refractivity contribution in [3.05, 3.63) is 42.4 Å². The number of nitrogens with zero attached hydrogens (tertiary/aromatic N) is 3. The Morgan fingerprint density at radius 2 is 2.12 bits per heavy atom. The van der Waals surface area contributed by atoms with Crippen molar-refractivity contribution in [2.45, 2.75) is 25.3 Å². The molecule has 1 aliphatic heterocycles. The fourth-order valence-electron chi connectivity index (χ4n) is 2.97. The Bertz CT molecular complexity index is 848. The SMILES string of the molecule is O=C(Cc1noc2ccccc12)Nc1cnn(C2CCOCC2)c1. The first-order valence-electron chi connectivity index (χ1n) is 8.04. The molecular formula is C17H18N4O3. The fourth-order valence-corrected chi connectivity index (χ4v) is 2.97. The molecule has 124 valence electrons. The standard InChI is InChI=1S/C17H18N4O3/c22-17(9-15-14-3-1-2-4-16(14)24-20-15)19-12-10-18-21(11-12)13-5-7-23-8-6-13/h1-4,10-11,13H,5-9H2,(H,19,22). The Labute approximate surface area is 138 Å². The van der Waals surface area contributed by atoms with Gasteiger partial charge in [0.15, 0.2) is 5.58 Å². The number of hydrogen-bond acceptors (Lipinski definition) is 5. The lowest BCUT2D eigenvalue weighted by Gasteiger charge is -2.22. The number of nitrogens with one attached hydrogen (secondary N) is 1. The Kier molecular flexibility index (Phi) is 4.00. The van der Waals surface area contributed by atoms with Gasteiger partial charge in [0.2, 0.25) is 5.91 Å². The number of hydrogen-bond donors (Lipinski definition) is 1. The van der Waals surface area contributed by atoms with Crippen LogP contribution in [0.25, 0.3) is 11.0 Å². The highest BCUT2D eigenvalue weighted by molar-refractivity contribution is 5.94. The van der Waals surface area contributed by atoms with Crippen LogP contribution >= 0.6 is 0 Å². The van der Waals surface area contributed by atoms with Crippen LogP contribution in [-0.2, 0) is 16.0 Å². The normalized spacial score (nSPS) is 15.7. The molecule has 2 aromatic heterocycles. The van der Waals surface area contributed by atoms with Crippen LogP contribution in [0.1, 0.15) is 24.6 Å². The zero-order valence-electron chi connectivity index (χ0n) is 13.1. The smallest absolute Gasteiger partial charge is 0.230 e. The zero-order chi connectivity index (χ0) is 16.4. The largest absolute Gasteiger partial charge is 0.381 e. The fraction of sp³-hybridized carbons (Fsp3) is 0.353. The van der Waals surface area contributed by atoms with Gasteiger partial charge in [-0.25, -0.2) is 0 Å². The molecule has 3 heterocycles. The van der Waals surface area contributed by atoms with Crippen LogP contribution in [0.2, 0.25) is 0 Å². The first-order chi connectivity index (χ1) is 11.8. The predicted molar refractivity (Wildman–Crippen MR) is 87.7 cm³/mol. The second-order valence-corrected chi connectivity index (χ2v) is 5.90. The molecule has 0 aliphatic carbocycles. The Morgan fingerprint density at radius 1 is 1.29 bits per heavy atom. The lowest BCUT2D eigenvalue weighted by atomic mass is 10.1. The summed E-state index contributed by atoms with van der Waals surface area (Å²) in [5.74, 6) is -0.138. The molecule has 3 aromatic rings. The summed E-state index contributed by atoms with van der Waals surface area (Å²) in [5.41, 5.74) is 2.02. The number of fused-ring (bicyclic) bond motifs is 1. The van der Waals surface area contributed by atoms with E-state index in [0.717, 1.165) is 31.4 Å². The molecule has 0 atom stereocenters. The number of ether oxygens (including phenoxy) is 1. The lowest BCUT2D eigenvalue weighted by Crippen LogP contribution is -2.20. The first kappa shape index (κ1) is 14.9. The van der Waals surface area contributed by atoms with Gasteiger partial charge in [-0.05, 0) is 25.0 Å². The van der Waals surface area contributed by atoms with Crippen LogP contribution < -0.4 is 5.32 Å². The molecule has 0 spiro atoms. The van der Waals surface area contributed by atoms with Crippen molar-refractivity contribution in [2.75, 3.05) is 18.5 Å². The van der Waals surface area contributed by atoms with E-state index in [0.29, 0.717) is 23.0 Å². The van der Waals surface area contributed by atoms with Gasteiger partial charge in [0, 0.05) is 24.8 Å². The van der Waals surface area contributed by atoms with Gasteiger partial charge in [-0.1, -0.05) is 17.3 Å². The minimum absolute atomic E-state index is 0.138. The molecule has 24 heavy (non-hydrogen) atoms. The molecular weight excluding hydrogens is 308 g/mol. The average Bonchev–Trinajstić information content (AvgIpc) is 3.23. The molecule has 4 rings (SSSR count). The number of amides is 1. The summed E-state index contributed by atoms with van der Waals surface area (Å²) in [6.07, 6.45) is 5.60. The second-order valence-electron chi connectivity index (χ2n) is 5.90. The molecule has 0 saturated carbocycles. The van der Waals surface area contributed by atoms with Gasteiger partial charge in [-0.3, -0.25) is 9.48 Å². The van der Waals surface area contributed by atoms with Crippen LogP contribution in [0.15, 0.2) is 41.2 Å². The van der Waals surface area contributed by atoms with E-state index < -0.39 is 0 Å². The molecule has 0 bridgehead atoms. The third-order valence-corrected chi connectivity index (χ3v) is 4.23. The molecule has 1 aromatic carbocycles. The number of aromatic nitrogens is 3. The molecule has 0 unspecified atom stereocenters. The number of para-hydroxylation sites is 1. The molecule has 1 saturated heterocycles. The Hall–Kier alpha value is -2.67. The van der Waals surface area contributed by atoms with Crippen molar-refractivity contribution in [2.24, 2.45) is 0 Å². The maximum atomic E-state index is 12.3. The van der Waals surface area contributed by atoms with Crippen LogP contribution in [0.4, 0.5) is 5.69 Å². The highest BCUT2D eigenvalue weighted by Gasteiger charge is 2.17. The van der Waals surface area contributed by atoms with Crippen LogP contribution in [0, 0.1) is 0 Å². The van der Waals surface area contributed by atoms with E-state index >= 15 is 0 Å². The Balaban J connectivity index is 1.42. The van der Waals surface area contributed by atoms with Gasteiger partial charge in [-0.15, -0.1) is 0 Å². The maximum absolute atomic E-state index is 12.3. The van der Waals surface area contributed by atoms with E-state index in [4.69, 9.17) is 9.26 Å². The highest BCUT2D eigenvalue weighted by Crippen LogP contribution is 2.22. The van der Waals surface area contributed by atoms with E-state index in [-0.39, 0.29) is 12.3 Å². The molecule has 1 N–H and O–H groups in total. The number of carbonyl (C=O) groups is 1. The van der Waals surface area contributed by atoms with Crippen molar-refractivity contribution in [3.8, 4) is 0 Å². The number of benzene rings is 1. The van der Waals surface area contributed by atoms with Crippen LogP contribution in [0.5, 0.6) is 0 Å². The van der Waals surface area contributed by atoms with Gasteiger partial charge in [0.25, 0.3) is 0 Å². The monoisotopic (exact) mass is 326 g/mol. The van der Waals surface area contributed by atoms with Gasteiger partial charge in [-0.2, -0.15) is 5.10 Å². The van der Waals surface area contributed by atoms with Crippen LogP contribution in [0.3, 0.4) is 0 Å². The highest BCUT2D eigenvalue weighted by atomic mass is 16.5. The minimum atomic E-state index is -0.138. The first-order valence-corrected chi connectivity index (χ1v) is 8.04. The summed E-state index contributed by atoms with van der Waals surface area (Å²) < 4.78 is 12.5. The van der Waals surface area contributed by atoms with E-state index in [2.05, 4.69) is 15.6 Å².